The topological polar surface area (TPSA) is 114 Å². The Balaban J connectivity index is 1.35. The van der Waals surface area contributed by atoms with E-state index in [4.69, 9.17) is 4.98 Å². The van der Waals surface area contributed by atoms with Crippen molar-refractivity contribution in [3.8, 4) is 22.9 Å². The lowest BCUT2D eigenvalue weighted by Crippen LogP contribution is -2.39. The zero-order chi connectivity index (χ0) is 27.1. The van der Waals surface area contributed by atoms with Crippen LogP contribution in [0.4, 0.5) is 17.6 Å². The van der Waals surface area contributed by atoms with Crippen LogP contribution < -0.4 is 5.32 Å². The minimum atomic E-state index is -4.56. The van der Waals surface area contributed by atoms with Gasteiger partial charge in [-0.3, -0.25) is 14.9 Å². The van der Waals surface area contributed by atoms with Crippen LogP contribution in [0.1, 0.15) is 46.4 Å². The Labute approximate surface area is 222 Å². The third-order valence-corrected chi connectivity index (χ3v) is 7.70. The van der Waals surface area contributed by atoms with E-state index in [-0.39, 0.29) is 17.1 Å². The summed E-state index contributed by atoms with van der Waals surface area (Å²) in [7, 11) is 0. The molecule has 1 aliphatic carbocycles. The van der Waals surface area contributed by atoms with Crippen LogP contribution in [-0.2, 0) is 6.18 Å². The zero-order valence-electron chi connectivity index (χ0n) is 20.1. The molecule has 1 aliphatic rings. The molecule has 9 nitrogen and oxygen atoms in total. The second-order valence-electron chi connectivity index (χ2n) is 9.18. The summed E-state index contributed by atoms with van der Waals surface area (Å²) in [5, 5.41) is 9.35. The summed E-state index contributed by atoms with van der Waals surface area (Å²) in [6, 6.07) is 7.63. The first-order chi connectivity index (χ1) is 18.8. The smallest absolute Gasteiger partial charge is 0.347 e. The molecule has 5 aromatic rings. The summed E-state index contributed by atoms with van der Waals surface area (Å²) >= 11 is 0.312. The molecule has 4 aromatic heterocycles. The number of nitrogens with one attached hydrogen (secondary N) is 2. The highest BCUT2D eigenvalue weighted by Crippen LogP contribution is 2.38. The summed E-state index contributed by atoms with van der Waals surface area (Å²) in [4.78, 5) is 28.8. The molecule has 39 heavy (non-hydrogen) atoms. The molecule has 0 unspecified atom stereocenters. The maximum Gasteiger partial charge on any atom is 0.427 e. The predicted octanol–water partition coefficient (Wildman–Crippen LogP) is 5.41. The molecular weight excluding hydrogens is 536 g/mol. The largest absolute Gasteiger partial charge is 0.427 e. The lowest BCUT2D eigenvalue weighted by Gasteiger charge is -2.32. The van der Waals surface area contributed by atoms with Crippen LogP contribution in [0.15, 0.2) is 49.1 Å². The molecule has 1 fully saturated rings. The molecule has 4 heterocycles. The second kappa shape index (κ2) is 9.84. The maximum atomic E-state index is 14.9. The van der Waals surface area contributed by atoms with Crippen molar-refractivity contribution in [2.24, 2.45) is 0 Å². The van der Waals surface area contributed by atoms with E-state index in [9.17, 15) is 22.4 Å². The number of thiazole rings is 1. The van der Waals surface area contributed by atoms with Crippen molar-refractivity contribution in [3.05, 3.63) is 64.8 Å². The van der Waals surface area contributed by atoms with Crippen LogP contribution >= 0.6 is 11.3 Å². The average Bonchev–Trinajstić information content (AvgIpc) is 3.68. The van der Waals surface area contributed by atoms with Gasteiger partial charge in [0.15, 0.2) is 10.8 Å². The molecule has 1 amide bonds. The third kappa shape index (κ3) is 4.87. The highest BCUT2D eigenvalue weighted by molar-refractivity contribution is 7.13. The van der Waals surface area contributed by atoms with Crippen molar-refractivity contribution in [1.29, 1.82) is 0 Å². The van der Waals surface area contributed by atoms with E-state index in [1.54, 1.807) is 30.5 Å². The van der Waals surface area contributed by atoms with Crippen LogP contribution in [0.25, 0.3) is 33.9 Å². The second-order valence-corrected chi connectivity index (χ2v) is 10.2. The Kier molecular flexibility index (Phi) is 6.33. The van der Waals surface area contributed by atoms with Crippen LogP contribution in [0.5, 0.6) is 0 Å². The van der Waals surface area contributed by atoms with E-state index in [1.807, 2.05) is 4.57 Å². The summed E-state index contributed by atoms with van der Waals surface area (Å²) in [6.07, 6.45) is 1.71. The number of carbonyl (C=O) groups excluding carboxylic acids is 1. The van der Waals surface area contributed by atoms with Crippen molar-refractivity contribution >= 4 is 28.3 Å². The monoisotopic (exact) mass is 556 g/mol. The molecule has 0 aliphatic heterocycles. The highest BCUT2D eigenvalue weighted by atomic mass is 32.1. The van der Waals surface area contributed by atoms with Crippen molar-refractivity contribution in [2.45, 2.75) is 43.9 Å². The fraction of sp³-hybridized carbons (Fsp3) is 0.280. The molecule has 0 bridgehead atoms. The fourth-order valence-corrected chi connectivity index (χ4v) is 5.63. The highest BCUT2D eigenvalue weighted by Gasteiger charge is 2.35. The predicted molar refractivity (Wildman–Crippen MR) is 134 cm³/mol. The number of benzene rings is 1. The summed E-state index contributed by atoms with van der Waals surface area (Å²) in [6.45, 7) is 0. The quantitative estimate of drug-likeness (QED) is 0.280. The molecule has 6 rings (SSSR count). The van der Waals surface area contributed by atoms with E-state index >= 15 is 0 Å². The molecule has 200 valence electrons. The number of rotatable bonds is 5. The Morgan fingerprint density at radius 1 is 1.13 bits per heavy atom. The van der Waals surface area contributed by atoms with Gasteiger partial charge in [0, 0.05) is 12.1 Å². The van der Waals surface area contributed by atoms with Gasteiger partial charge < -0.3 is 9.88 Å². The number of hydrogen-bond donors (Lipinski definition) is 2. The lowest BCUT2D eigenvalue weighted by atomic mass is 9.90. The molecule has 0 spiro atoms. The molecule has 14 heteroatoms. The summed E-state index contributed by atoms with van der Waals surface area (Å²) in [5.74, 6) is -0.264. The average molecular weight is 557 g/mol. The SMILES string of the molecule is O=C(N[C@H]1CCC[C@@H](n2c(-c3ccccc3F)nc3cnc(-c4nc[nH]n4)cc32)C1)c1ncc(C(F)(F)F)s1. The van der Waals surface area contributed by atoms with Gasteiger partial charge in [0.1, 0.15) is 34.1 Å². The van der Waals surface area contributed by atoms with E-state index in [2.05, 4.69) is 30.5 Å². The number of amides is 1. The van der Waals surface area contributed by atoms with Gasteiger partial charge in [-0.05, 0) is 43.9 Å². The zero-order valence-corrected chi connectivity index (χ0v) is 20.9. The number of halogens is 4. The number of alkyl halides is 3. The molecule has 2 N–H and O–H groups in total. The molecule has 1 aromatic carbocycles. The Morgan fingerprint density at radius 2 is 1.97 bits per heavy atom. The number of carbonyl (C=O) groups is 1. The standard InChI is InChI=1S/C25H20F4N8OS/c26-16-7-2-1-6-15(16)22-35-18-10-30-17(21-32-12-33-36-21)9-19(18)37(22)14-5-3-4-13(8-14)34-23(38)24-31-11-20(39-24)25(27,28)29/h1-2,6-7,9-14H,3-5,8H2,(H,34,38)(H,32,33,36)/t13-,14+/m0/s1. The van der Waals surface area contributed by atoms with Crippen molar-refractivity contribution in [1.82, 2.24) is 40.0 Å². The van der Waals surface area contributed by atoms with E-state index in [0.29, 0.717) is 64.3 Å². The first-order valence-corrected chi connectivity index (χ1v) is 12.9. The minimum Gasteiger partial charge on any atom is -0.347 e. The van der Waals surface area contributed by atoms with Gasteiger partial charge in [-0.1, -0.05) is 12.1 Å². The van der Waals surface area contributed by atoms with Gasteiger partial charge in [0.2, 0.25) is 0 Å². The maximum absolute atomic E-state index is 14.9. The number of hydrogen-bond acceptors (Lipinski definition) is 7. The number of imidazole rings is 1. The number of fused-ring (bicyclic) bond motifs is 1. The number of nitrogens with zero attached hydrogens (tertiary/aromatic N) is 6. The van der Waals surface area contributed by atoms with Crippen LogP contribution in [0.2, 0.25) is 0 Å². The van der Waals surface area contributed by atoms with Gasteiger partial charge >= 0.3 is 6.18 Å². The summed E-state index contributed by atoms with van der Waals surface area (Å²) < 4.78 is 55.8. The van der Waals surface area contributed by atoms with Crippen LogP contribution in [0.3, 0.4) is 0 Å². The van der Waals surface area contributed by atoms with Crippen LogP contribution in [-0.4, -0.2) is 46.6 Å². The molecule has 1 saturated carbocycles. The first-order valence-electron chi connectivity index (χ1n) is 12.1. The Morgan fingerprint density at radius 3 is 2.72 bits per heavy atom. The number of aromatic nitrogens is 7. The Bertz CT molecular complexity index is 1650. The van der Waals surface area contributed by atoms with Crippen molar-refractivity contribution < 1.29 is 22.4 Å². The molecular formula is C25H20F4N8OS. The van der Waals surface area contributed by atoms with Gasteiger partial charge in [-0.15, -0.1) is 11.3 Å². The van der Waals surface area contributed by atoms with E-state index in [1.165, 1.54) is 12.4 Å². The van der Waals surface area contributed by atoms with Gasteiger partial charge in [-0.25, -0.2) is 19.3 Å². The molecule has 2 atom stereocenters. The van der Waals surface area contributed by atoms with Crippen LogP contribution in [0, 0.1) is 5.82 Å². The van der Waals surface area contributed by atoms with Gasteiger partial charge in [0.05, 0.1) is 23.5 Å². The lowest BCUT2D eigenvalue weighted by molar-refractivity contribution is -0.134. The van der Waals surface area contributed by atoms with Crippen molar-refractivity contribution in [3.63, 3.8) is 0 Å². The van der Waals surface area contributed by atoms with E-state index in [0.717, 1.165) is 12.8 Å². The first kappa shape index (κ1) is 25.1. The minimum absolute atomic E-state index is 0.187. The Hall–Kier alpha value is -4.20. The summed E-state index contributed by atoms with van der Waals surface area (Å²) in [5.41, 5.74) is 2.09. The normalized spacial score (nSPS) is 17.9. The molecule has 0 radical (unpaired) electrons. The van der Waals surface area contributed by atoms with Gasteiger partial charge in [0.25, 0.3) is 5.91 Å². The number of pyridine rings is 1. The third-order valence-electron chi connectivity index (χ3n) is 6.66. The van der Waals surface area contributed by atoms with Gasteiger partial charge in [-0.2, -0.15) is 18.3 Å². The van der Waals surface area contributed by atoms with Crippen molar-refractivity contribution in [2.75, 3.05) is 0 Å². The number of H-pyrrole nitrogens is 1. The number of aromatic amines is 1. The fourth-order valence-electron chi connectivity index (χ4n) is 4.94. The van der Waals surface area contributed by atoms with E-state index < -0.39 is 22.8 Å². The molecule has 0 saturated heterocycles.